The largest absolute Gasteiger partial charge is 0.455 e. The SMILES string of the molecule is CSc1nc2nc(C)c(CC(=O)OCC(=O)Nc3ccccc3C(F)(F)F)c(C)n2n1. The van der Waals surface area contributed by atoms with E-state index < -0.39 is 35.9 Å². The van der Waals surface area contributed by atoms with E-state index in [1.54, 1.807) is 13.8 Å². The van der Waals surface area contributed by atoms with Crippen LogP contribution >= 0.6 is 11.8 Å². The molecule has 0 radical (unpaired) electrons. The predicted molar refractivity (Wildman–Crippen MR) is 107 cm³/mol. The molecule has 0 aliphatic rings. The first-order valence-electron chi connectivity index (χ1n) is 8.98. The number of esters is 1. The third kappa shape index (κ3) is 5.13. The third-order valence-electron chi connectivity index (χ3n) is 4.40. The van der Waals surface area contributed by atoms with Crippen LogP contribution in [-0.4, -0.2) is 44.3 Å². The number of nitrogens with zero attached hydrogens (tertiary/aromatic N) is 4. The number of benzene rings is 1. The van der Waals surface area contributed by atoms with E-state index in [-0.39, 0.29) is 6.42 Å². The van der Waals surface area contributed by atoms with Gasteiger partial charge < -0.3 is 10.1 Å². The number of ether oxygens (including phenoxy) is 1. The van der Waals surface area contributed by atoms with Gasteiger partial charge in [0.1, 0.15) is 0 Å². The Balaban J connectivity index is 1.65. The van der Waals surface area contributed by atoms with Crippen LogP contribution in [0.15, 0.2) is 29.4 Å². The van der Waals surface area contributed by atoms with E-state index in [1.807, 2.05) is 6.26 Å². The molecule has 2 heterocycles. The van der Waals surface area contributed by atoms with E-state index in [4.69, 9.17) is 4.74 Å². The highest BCUT2D eigenvalue weighted by atomic mass is 32.2. The summed E-state index contributed by atoms with van der Waals surface area (Å²) in [5, 5.41) is 6.94. The summed E-state index contributed by atoms with van der Waals surface area (Å²) in [4.78, 5) is 32.8. The number of hydrogen-bond donors (Lipinski definition) is 1. The van der Waals surface area contributed by atoms with Crippen LogP contribution < -0.4 is 5.32 Å². The van der Waals surface area contributed by atoms with E-state index in [0.717, 1.165) is 12.1 Å². The van der Waals surface area contributed by atoms with Gasteiger partial charge in [0.25, 0.3) is 11.7 Å². The first-order chi connectivity index (χ1) is 14.6. The van der Waals surface area contributed by atoms with E-state index >= 15 is 0 Å². The van der Waals surface area contributed by atoms with Crippen molar-refractivity contribution in [2.75, 3.05) is 18.2 Å². The molecule has 1 aromatic carbocycles. The lowest BCUT2D eigenvalue weighted by Crippen LogP contribution is -2.23. The van der Waals surface area contributed by atoms with Crippen LogP contribution in [0.4, 0.5) is 18.9 Å². The number of hydrogen-bond acceptors (Lipinski definition) is 7. The number of halogens is 3. The van der Waals surface area contributed by atoms with Crippen LogP contribution in [0.3, 0.4) is 0 Å². The van der Waals surface area contributed by atoms with Crippen LogP contribution in [0.1, 0.15) is 22.5 Å². The smallest absolute Gasteiger partial charge is 0.418 e. The number of fused-ring (bicyclic) bond motifs is 1. The lowest BCUT2D eigenvalue weighted by Gasteiger charge is -2.14. The van der Waals surface area contributed by atoms with Crippen molar-refractivity contribution in [1.82, 2.24) is 19.6 Å². The van der Waals surface area contributed by atoms with Crippen LogP contribution in [0.2, 0.25) is 0 Å². The zero-order valence-corrected chi connectivity index (χ0v) is 17.6. The maximum atomic E-state index is 13.0. The molecule has 0 atom stereocenters. The van der Waals surface area contributed by atoms with Gasteiger partial charge in [0.05, 0.1) is 17.7 Å². The van der Waals surface area contributed by atoms with Gasteiger partial charge in [-0.3, -0.25) is 9.59 Å². The van der Waals surface area contributed by atoms with Gasteiger partial charge in [0.2, 0.25) is 5.16 Å². The average Bonchev–Trinajstić information content (AvgIpc) is 3.12. The number of thioether (sulfide) groups is 1. The zero-order chi connectivity index (χ0) is 22.8. The summed E-state index contributed by atoms with van der Waals surface area (Å²) in [5.41, 5.74) is 0.380. The molecule has 0 saturated heterocycles. The van der Waals surface area contributed by atoms with Crippen molar-refractivity contribution in [3.05, 3.63) is 46.8 Å². The number of anilines is 1. The van der Waals surface area contributed by atoms with E-state index in [2.05, 4.69) is 20.4 Å². The number of aromatic nitrogens is 4. The number of nitrogens with one attached hydrogen (secondary N) is 1. The Kier molecular flexibility index (Phi) is 6.48. The van der Waals surface area contributed by atoms with E-state index in [1.165, 1.54) is 28.4 Å². The number of alkyl halides is 3. The molecule has 0 spiro atoms. The Labute approximate surface area is 179 Å². The van der Waals surface area contributed by atoms with Crippen LogP contribution in [0.25, 0.3) is 5.78 Å². The summed E-state index contributed by atoms with van der Waals surface area (Å²) in [6.45, 7) is 2.74. The van der Waals surface area contributed by atoms with Gasteiger partial charge in [-0.05, 0) is 32.2 Å². The number of para-hydroxylation sites is 1. The summed E-state index contributed by atoms with van der Waals surface area (Å²) in [6, 6.07) is 4.55. The summed E-state index contributed by atoms with van der Waals surface area (Å²) in [5.74, 6) is -1.20. The minimum atomic E-state index is -4.63. The normalized spacial score (nSPS) is 11.5. The van der Waals surface area contributed by atoms with Gasteiger partial charge >= 0.3 is 12.1 Å². The van der Waals surface area contributed by atoms with Crippen LogP contribution in [-0.2, 0) is 26.9 Å². The summed E-state index contributed by atoms with van der Waals surface area (Å²) in [7, 11) is 0. The molecule has 31 heavy (non-hydrogen) atoms. The first kappa shape index (κ1) is 22.5. The first-order valence-corrected chi connectivity index (χ1v) is 10.2. The molecule has 8 nitrogen and oxygen atoms in total. The maximum absolute atomic E-state index is 13.0. The maximum Gasteiger partial charge on any atom is 0.418 e. The van der Waals surface area contributed by atoms with Crippen LogP contribution in [0.5, 0.6) is 0 Å². The fourth-order valence-corrected chi connectivity index (χ4v) is 3.24. The highest BCUT2D eigenvalue weighted by molar-refractivity contribution is 7.98. The summed E-state index contributed by atoms with van der Waals surface area (Å²) in [6.07, 6.45) is -2.98. The van der Waals surface area contributed by atoms with Gasteiger partial charge in [0, 0.05) is 17.0 Å². The molecular weight excluding hydrogens is 435 g/mol. The van der Waals surface area contributed by atoms with Crippen molar-refractivity contribution in [2.24, 2.45) is 0 Å². The van der Waals surface area contributed by atoms with Crippen LogP contribution in [0, 0.1) is 13.8 Å². The molecule has 0 saturated carbocycles. The number of aryl methyl sites for hydroxylation is 2. The molecule has 164 valence electrons. The molecule has 1 amide bonds. The fourth-order valence-electron chi connectivity index (χ4n) is 2.90. The molecule has 0 bridgehead atoms. The number of amides is 1. The van der Waals surface area contributed by atoms with Crippen molar-refractivity contribution >= 4 is 35.1 Å². The molecule has 3 rings (SSSR count). The summed E-state index contributed by atoms with van der Waals surface area (Å²) < 4.78 is 45.5. The Bertz CT molecular complexity index is 1150. The summed E-state index contributed by atoms with van der Waals surface area (Å²) >= 11 is 1.35. The molecule has 0 aliphatic heterocycles. The predicted octanol–water partition coefficient (Wildman–Crippen LogP) is 3.21. The van der Waals surface area contributed by atoms with E-state index in [9.17, 15) is 22.8 Å². The average molecular weight is 453 g/mol. The van der Waals surface area contributed by atoms with Crippen molar-refractivity contribution in [2.45, 2.75) is 31.6 Å². The van der Waals surface area contributed by atoms with E-state index in [0.29, 0.717) is 27.9 Å². The standard InChI is InChI=1S/C19H18F3N5O3S/c1-10-12(11(2)27-17(23-10)25-18(26-27)31-3)8-16(29)30-9-15(28)24-14-7-5-4-6-13(14)19(20,21)22/h4-7H,8-9H2,1-3H3,(H,24,28). The van der Waals surface area contributed by atoms with Gasteiger partial charge in [0.15, 0.2) is 6.61 Å². The molecule has 3 aromatic rings. The molecule has 0 fully saturated rings. The number of rotatable bonds is 6. The van der Waals surface area contributed by atoms with Gasteiger partial charge in [-0.15, -0.1) is 5.10 Å². The van der Waals surface area contributed by atoms with Gasteiger partial charge in [-0.2, -0.15) is 18.2 Å². The Morgan fingerprint density at radius 2 is 1.90 bits per heavy atom. The Morgan fingerprint density at radius 1 is 1.19 bits per heavy atom. The lowest BCUT2D eigenvalue weighted by atomic mass is 10.1. The third-order valence-corrected chi connectivity index (χ3v) is 4.94. The van der Waals surface area contributed by atoms with Crippen molar-refractivity contribution in [3.8, 4) is 0 Å². The minimum absolute atomic E-state index is 0.179. The Morgan fingerprint density at radius 3 is 2.58 bits per heavy atom. The van der Waals surface area contributed by atoms with Gasteiger partial charge in [-0.1, -0.05) is 23.9 Å². The van der Waals surface area contributed by atoms with Crippen molar-refractivity contribution < 1.29 is 27.5 Å². The zero-order valence-electron chi connectivity index (χ0n) is 16.8. The molecule has 0 unspecified atom stereocenters. The van der Waals surface area contributed by atoms with Gasteiger partial charge in [-0.25, -0.2) is 9.50 Å². The van der Waals surface area contributed by atoms with Crippen molar-refractivity contribution in [3.63, 3.8) is 0 Å². The fraction of sp³-hybridized carbons (Fsp3) is 0.316. The molecular formula is C19H18F3N5O3S. The second kappa shape index (κ2) is 8.92. The lowest BCUT2D eigenvalue weighted by molar-refractivity contribution is -0.146. The highest BCUT2D eigenvalue weighted by Crippen LogP contribution is 2.34. The number of carbonyl (C=O) groups excluding carboxylic acids is 2. The Hall–Kier alpha value is -3.15. The second-order valence-electron chi connectivity index (χ2n) is 6.50. The molecule has 0 aliphatic carbocycles. The van der Waals surface area contributed by atoms with Crippen molar-refractivity contribution in [1.29, 1.82) is 0 Å². The molecule has 2 aromatic heterocycles. The number of carbonyl (C=O) groups is 2. The quantitative estimate of drug-likeness (QED) is 0.452. The topological polar surface area (TPSA) is 98.5 Å². The second-order valence-corrected chi connectivity index (χ2v) is 7.27. The minimum Gasteiger partial charge on any atom is -0.455 e. The molecule has 12 heteroatoms. The molecule has 1 N–H and O–H groups in total. The monoisotopic (exact) mass is 453 g/mol. The highest BCUT2D eigenvalue weighted by Gasteiger charge is 2.33.